The summed E-state index contributed by atoms with van der Waals surface area (Å²) in [6.45, 7) is 0. The largest absolute Gasteiger partial charge is 0.441 e. The van der Waals surface area contributed by atoms with E-state index >= 15 is 0 Å². The fraction of sp³-hybridized carbons (Fsp3) is 0.318. The maximum Gasteiger partial charge on any atom is 0.279 e. The molecule has 2 aromatic heterocycles. The van der Waals surface area contributed by atoms with E-state index in [2.05, 4.69) is 15.8 Å². The van der Waals surface area contributed by atoms with Crippen LogP contribution in [0.25, 0.3) is 11.3 Å². The smallest absolute Gasteiger partial charge is 0.279 e. The first-order valence-electron chi connectivity index (χ1n) is 10.00. The lowest BCUT2D eigenvalue weighted by molar-refractivity contribution is -0.121. The average molecular weight is 444 g/mol. The van der Waals surface area contributed by atoms with Gasteiger partial charge in [-0.3, -0.25) is 20.4 Å². The molecule has 1 aliphatic rings. The fourth-order valence-electron chi connectivity index (χ4n) is 3.42. The number of hydrazine groups is 1. The summed E-state index contributed by atoms with van der Waals surface area (Å²) in [6.07, 6.45) is 7.76. The number of oxazole rings is 1. The first-order valence-corrected chi connectivity index (χ1v) is 11.2. The third-order valence-corrected chi connectivity index (χ3v) is 6.52. The van der Waals surface area contributed by atoms with E-state index in [0.29, 0.717) is 28.0 Å². The van der Waals surface area contributed by atoms with E-state index in [-0.39, 0.29) is 18.2 Å². The Balaban J connectivity index is 1.25. The molecule has 3 aromatic rings. The van der Waals surface area contributed by atoms with E-state index < -0.39 is 0 Å². The van der Waals surface area contributed by atoms with Crippen molar-refractivity contribution < 1.29 is 14.0 Å². The first kappa shape index (κ1) is 20.6. The van der Waals surface area contributed by atoms with Crippen LogP contribution in [0.1, 0.15) is 51.7 Å². The van der Waals surface area contributed by atoms with Gasteiger partial charge < -0.3 is 4.42 Å². The SMILES string of the molecule is O=C(CCc1ncc(-c2ccc(Cl)cc2)o1)NNC(=O)c1cc2c(s1)CCCCC2. The van der Waals surface area contributed by atoms with Crippen molar-refractivity contribution in [2.24, 2.45) is 0 Å². The number of halogens is 1. The second-order valence-electron chi connectivity index (χ2n) is 7.25. The molecule has 1 aromatic carbocycles. The highest BCUT2D eigenvalue weighted by Gasteiger charge is 2.17. The summed E-state index contributed by atoms with van der Waals surface area (Å²) in [5.41, 5.74) is 7.11. The second kappa shape index (κ2) is 9.45. The molecular formula is C22H22ClN3O3S. The zero-order valence-electron chi connectivity index (χ0n) is 16.4. The second-order valence-corrected chi connectivity index (χ2v) is 8.82. The Morgan fingerprint density at radius 3 is 2.73 bits per heavy atom. The van der Waals surface area contributed by atoms with Crippen LogP contribution in [0.5, 0.6) is 0 Å². The van der Waals surface area contributed by atoms with Crippen LogP contribution < -0.4 is 10.9 Å². The Labute approximate surface area is 183 Å². The number of hydrogen-bond donors (Lipinski definition) is 2. The van der Waals surface area contributed by atoms with Gasteiger partial charge in [-0.05, 0) is 61.6 Å². The van der Waals surface area contributed by atoms with Crippen molar-refractivity contribution in [2.75, 3.05) is 0 Å². The quantitative estimate of drug-likeness (QED) is 0.441. The summed E-state index contributed by atoms with van der Waals surface area (Å²) >= 11 is 7.42. The van der Waals surface area contributed by atoms with E-state index in [1.54, 1.807) is 18.3 Å². The molecule has 0 radical (unpaired) electrons. The number of carbonyl (C=O) groups is 2. The minimum atomic E-state index is -0.298. The number of aryl methyl sites for hydroxylation is 3. The third-order valence-electron chi connectivity index (χ3n) is 5.03. The van der Waals surface area contributed by atoms with Gasteiger partial charge in [0.15, 0.2) is 11.7 Å². The van der Waals surface area contributed by atoms with Crippen LogP contribution in [-0.2, 0) is 24.1 Å². The van der Waals surface area contributed by atoms with Crippen LogP contribution in [0.4, 0.5) is 0 Å². The van der Waals surface area contributed by atoms with Crippen LogP contribution in [-0.4, -0.2) is 16.8 Å². The topological polar surface area (TPSA) is 84.2 Å². The van der Waals surface area contributed by atoms with Gasteiger partial charge in [0.1, 0.15) is 0 Å². The molecule has 0 aliphatic heterocycles. The molecule has 2 heterocycles. The number of thiophene rings is 1. The summed E-state index contributed by atoms with van der Waals surface area (Å²) in [7, 11) is 0. The highest BCUT2D eigenvalue weighted by molar-refractivity contribution is 7.14. The van der Waals surface area contributed by atoms with Crippen molar-refractivity contribution in [1.29, 1.82) is 0 Å². The van der Waals surface area contributed by atoms with Crippen LogP contribution in [0.15, 0.2) is 40.9 Å². The van der Waals surface area contributed by atoms with Crippen molar-refractivity contribution in [3.63, 3.8) is 0 Å². The molecular weight excluding hydrogens is 422 g/mol. The lowest BCUT2D eigenvalue weighted by Crippen LogP contribution is -2.41. The summed E-state index contributed by atoms with van der Waals surface area (Å²) < 4.78 is 5.69. The molecule has 156 valence electrons. The normalized spacial score (nSPS) is 13.4. The monoisotopic (exact) mass is 443 g/mol. The Hall–Kier alpha value is -2.64. The Morgan fingerprint density at radius 2 is 1.90 bits per heavy atom. The molecule has 0 bridgehead atoms. The van der Waals surface area contributed by atoms with Gasteiger partial charge in [-0.25, -0.2) is 4.98 Å². The summed E-state index contributed by atoms with van der Waals surface area (Å²) in [5.74, 6) is 0.506. The van der Waals surface area contributed by atoms with Gasteiger partial charge in [0, 0.05) is 28.3 Å². The molecule has 6 nitrogen and oxygen atoms in total. The summed E-state index contributed by atoms with van der Waals surface area (Å²) in [4.78, 5) is 30.6. The van der Waals surface area contributed by atoms with Gasteiger partial charge in [0.2, 0.25) is 5.91 Å². The van der Waals surface area contributed by atoms with Crippen LogP contribution in [0, 0.1) is 0 Å². The zero-order chi connectivity index (χ0) is 20.9. The molecule has 0 atom stereocenters. The van der Waals surface area contributed by atoms with Crippen LogP contribution >= 0.6 is 22.9 Å². The third kappa shape index (κ3) is 5.09. The number of hydrogen-bond acceptors (Lipinski definition) is 5. The van der Waals surface area contributed by atoms with E-state index in [1.807, 2.05) is 18.2 Å². The van der Waals surface area contributed by atoms with Gasteiger partial charge in [-0.15, -0.1) is 11.3 Å². The van der Waals surface area contributed by atoms with Crippen molar-refractivity contribution in [3.05, 3.63) is 62.8 Å². The minimum Gasteiger partial charge on any atom is -0.441 e. The minimum absolute atomic E-state index is 0.155. The first-order chi connectivity index (χ1) is 14.6. The van der Waals surface area contributed by atoms with Crippen molar-refractivity contribution in [3.8, 4) is 11.3 Å². The van der Waals surface area contributed by atoms with Gasteiger partial charge >= 0.3 is 0 Å². The summed E-state index contributed by atoms with van der Waals surface area (Å²) in [5, 5.41) is 0.649. The zero-order valence-corrected chi connectivity index (χ0v) is 17.9. The van der Waals surface area contributed by atoms with Gasteiger partial charge in [-0.2, -0.15) is 0 Å². The van der Waals surface area contributed by atoms with Crippen molar-refractivity contribution in [1.82, 2.24) is 15.8 Å². The van der Waals surface area contributed by atoms with Gasteiger partial charge in [0.05, 0.1) is 11.1 Å². The standard InChI is InChI=1S/C22H22ClN3O3S/c23-16-8-6-14(7-9-16)17-13-24-21(29-17)11-10-20(27)25-26-22(28)19-12-15-4-2-1-3-5-18(15)30-19/h6-9,12-13H,1-5,10-11H2,(H,25,27)(H,26,28). The number of rotatable bonds is 5. The predicted molar refractivity (Wildman–Crippen MR) is 116 cm³/mol. The van der Waals surface area contributed by atoms with E-state index in [0.717, 1.165) is 18.4 Å². The van der Waals surface area contributed by atoms with Gasteiger partial charge in [-0.1, -0.05) is 18.0 Å². The number of nitrogens with one attached hydrogen (secondary N) is 2. The molecule has 4 rings (SSSR count). The lowest BCUT2D eigenvalue weighted by atomic mass is 10.1. The molecule has 0 saturated heterocycles. The molecule has 1 aliphatic carbocycles. The fourth-order valence-corrected chi connectivity index (χ4v) is 4.70. The molecule has 0 spiro atoms. The van der Waals surface area contributed by atoms with E-state index in [9.17, 15) is 9.59 Å². The molecule has 0 saturated carbocycles. The number of fused-ring (bicyclic) bond motifs is 1. The number of nitrogens with zero attached hydrogens (tertiary/aromatic N) is 1. The Bertz CT molecular complexity index is 1020. The average Bonchev–Trinajstić information content (AvgIpc) is 3.33. The number of benzene rings is 1. The number of aromatic nitrogens is 1. The molecule has 0 unspecified atom stereocenters. The maximum atomic E-state index is 12.4. The predicted octanol–water partition coefficient (Wildman–Crippen LogP) is 4.72. The van der Waals surface area contributed by atoms with Crippen LogP contribution in [0.2, 0.25) is 5.02 Å². The number of amides is 2. The maximum absolute atomic E-state index is 12.4. The molecule has 8 heteroatoms. The van der Waals surface area contributed by atoms with Gasteiger partial charge in [0.25, 0.3) is 5.91 Å². The summed E-state index contributed by atoms with van der Waals surface area (Å²) in [6, 6.07) is 9.21. The molecule has 2 amide bonds. The number of carbonyl (C=O) groups excluding carboxylic acids is 2. The van der Waals surface area contributed by atoms with Crippen molar-refractivity contribution >= 4 is 34.8 Å². The Morgan fingerprint density at radius 1 is 1.10 bits per heavy atom. The highest BCUT2D eigenvalue weighted by Crippen LogP contribution is 2.29. The lowest BCUT2D eigenvalue weighted by Gasteiger charge is -2.05. The highest BCUT2D eigenvalue weighted by atomic mass is 35.5. The van der Waals surface area contributed by atoms with Crippen molar-refractivity contribution in [2.45, 2.75) is 44.9 Å². The van der Waals surface area contributed by atoms with Crippen LogP contribution in [0.3, 0.4) is 0 Å². The van der Waals surface area contributed by atoms with E-state index in [1.165, 1.54) is 41.0 Å². The molecule has 30 heavy (non-hydrogen) atoms. The molecule has 2 N–H and O–H groups in total. The Kier molecular flexibility index (Phi) is 6.50. The molecule has 0 fully saturated rings. The van der Waals surface area contributed by atoms with E-state index in [4.69, 9.17) is 16.0 Å².